The standard InChI is InChI=1S/C12H15NO6/c1-17-11(15)7-3-4-10(8(13)5-7)19-6-9(14)12(16)18-2/h3-5,9-10,13-14H,6H2,1-2H3. The van der Waals surface area contributed by atoms with E-state index in [0.717, 1.165) is 7.11 Å². The number of hydrogen-bond donors (Lipinski definition) is 2. The summed E-state index contributed by atoms with van der Waals surface area (Å²) >= 11 is 0. The minimum absolute atomic E-state index is 0.0277. The molecule has 0 spiro atoms. The summed E-state index contributed by atoms with van der Waals surface area (Å²) in [5.74, 6) is -1.36. The molecule has 0 saturated carbocycles. The fourth-order valence-electron chi connectivity index (χ4n) is 1.38. The van der Waals surface area contributed by atoms with E-state index in [9.17, 15) is 14.7 Å². The van der Waals surface area contributed by atoms with Crippen LogP contribution in [0.2, 0.25) is 0 Å². The Bertz CT molecular complexity index is 440. The fourth-order valence-corrected chi connectivity index (χ4v) is 1.38. The molecule has 7 heteroatoms. The van der Waals surface area contributed by atoms with Gasteiger partial charge in [0.05, 0.1) is 32.1 Å². The number of carbonyl (C=O) groups is 2. The third kappa shape index (κ3) is 4.01. The molecule has 0 aromatic rings. The van der Waals surface area contributed by atoms with E-state index in [1.54, 1.807) is 0 Å². The van der Waals surface area contributed by atoms with Crippen LogP contribution in [0.25, 0.3) is 0 Å². The molecule has 0 radical (unpaired) electrons. The predicted octanol–water partition coefficient (Wildman–Crippen LogP) is -0.406. The van der Waals surface area contributed by atoms with E-state index in [0.29, 0.717) is 0 Å². The molecule has 0 aromatic carbocycles. The largest absolute Gasteiger partial charge is 0.467 e. The van der Waals surface area contributed by atoms with Crippen molar-refractivity contribution in [2.45, 2.75) is 12.2 Å². The number of nitrogens with one attached hydrogen (secondary N) is 1. The summed E-state index contributed by atoms with van der Waals surface area (Å²) < 4.78 is 14.0. The van der Waals surface area contributed by atoms with Crippen molar-refractivity contribution in [2.24, 2.45) is 0 Å². The molecule has 104 valence electrons. The summed E-state index contributed by atoms with van der Waals surface area (Å²) in [7, 11) is 2.40. The van der Waals surface area contributed by atoms with Crippen molar-refractivity contribution in [3.8, 4) is 0 Å². The smallest absolute Gasteiger partial charge is 0.337 e. The Kier molecular flexibility index (Phi) is 5.40. The Hall–Kier alpha value is -1.99. The summed E-state index contributed by atoms with van der Waals surface area (Å²) in [5, 5.41) is 17.0. The number of aliphatic hydroxyl groups is 1. The van der Waals surface area contributed by atoms with Crippen molar-refractivity contribution in [3.63, 3.8) is 0 Å². The maximum absolute atomic E-state index is 11.2. The first-order valence-electron chi connectivity index (χ1n) is 5.43. The lowest BCUT2D eigenvalue weighted by molar-refractivity contribution is -0.153. The average molecular weight is 269 g/mol. The van der Waals surface area contributed by atoms with E-state index in [-0.39, 0.29) is 17.9 Å². The van der Waals surface area contributed by atoms with Gasteiger partial charge in [-0.15, -0.1) is 0 Å². The average Bonchev–Trinajstić information content (AvgIpc) is 2.43. The van der Waals surface area contributed by atoms with Crippen molar-refractivity contribution < 1.29 is 28.9 Å². The molecule has 19 heavy (non-hydrogen) atoms. The van der Waals surface area contributed by atoms with Crippen molar-refractivity contribution in [1.82, 2.24) is 0 Å². The molecule has 7 nitrogen and oxygen atoms in total. The second-order valence-electron chi connectivity index (χ2n) is 3.70. The lowest BCUT2D eigenvalue weighted by Gasteiger charge is -2.18. The van der Waals surface area contributed by atoms with Gasteiger partial charge in [-0.3, -0.25) is 0 Å². The van der Waals surface area contributed by atoms with Crippen LogP contribution in [0.4, 0.5) is 0 Å². The molecule has 0 aromatic heterocycles. The Morgan fingerprint density at radius 3 is 2.63 bits per heavy atom. The summed E-state index contributed by atoms with van der Waals surface area (Å²) in [4.78, 5) is 22.2. The molecule has 0 heterocycles. The SMILES string of the molecule is COC(=O)C1=CC(=N)C(OCC(O)C(=O)OC)C=C1. The molecule has 0 bridgehead atoms. The van der Waals surface area contributed by atoms with E-state index in [4.69, 9.17) is 10.1 Å². The van der Waals surface area contributed by atoms with Crippen molar-refractivity contribution >= 4 is 17.7 Å². The number of esters is 2. The highest BCUT2D eigenvalue weighted by Gasteiger charge is 2.22. The number of aliphatic hydroxyl groups excluding tert-OH is 1. The van der Waals surface area contributed by atoms with Gasteiger partial charge in [0.1, 0.15) is 6.10 Å². The first-order valence-corrected chi connectivity index (χ1v) is 5.43. The normalized spacial score (nSPS) is 19.6. The fraction of sp³-hybridized carbons (Fsp3) is 0.417. The summed E-state index contributed by atoms with van der Waals surface area (Å²) in [5.41, 5.74) is 0.265. The molecule has 1 rings (SSSR count). The third-order valence-corrected chi connectivity index (χ3v) is 2.40. The van der Waals surface area contributed by atoms with Gasteiger partial charge in [-0.05, 0) is 18.2 Å². The van der Waals surface area contributed by atoms with Crippen molar-refractivity contribution in [2.75, 3.05) is 20.8 Å². The predicted molar refractivity (Wildman–Crippen MR) is 64.7 cm³/mol. The zero-order valence-electron chi connectivity index (χ0n) is 10.6. The van der Waals surface area contributed by atoms with Crippen LogP contribution in [0, 0.1) is 5.41 Å². The highest BCUT2D eigenvalue weighted by molar-refractivity contribution is 6.07. The molecular weight excluding hydrogens is 254 g/mol. The topological polar surface area (TPSA) is 106 Å². The monoisotopic (exact) mass is 269 g/mol. The maximum Gasteiger partial charge on any atom is 0.337 e. The Labute approximate surface area is 110 Å². The summed E-state index contributed by atoms with van der Waals surface area (Å²) in [6.45, 7) is -0.300. The van der Waals surface area contributed by atoms with Gasteiger partial charge in [-0.2, -0.15) is 0 Å². The zero-order chi connectivity index (χ0) is 14.4. The lowest BCUT2D eigenvalue weighted by atomic mass is 10.0. The van der Waals surface area contributed by atoms with E-state index in [1.807, 2.05) is 0 Å². The minimum Gasteiger partial charge on any atom is -0.467 e. The first kappa shape index (κ1) is 15.1. The van der Waals surface area contributed by atoms with E-state index < -0.39 is 24.1 Å². The van der Waals surface area contributed by atoms with Gasteiger partial charge in [0.15, 0.2) is 6.10 Å². The number of methoxy groups -OCH3 is 2. The molecule has 0 aliphatic heterocycles. The van der Waals surface area contributed by atoms with Gasteiger partial charge in [0, 0.05) is 0 Å². The van der Waals surface area contributed by atoms with Crippen LogP contribution >= 0.6 is 0 Å². The van der Waals surface area contributed by atoms with Gasteiger partial charge >= 0.3 is 11.9 Å². The molecule has 2 N–H and O–H groups in total. The minimum atomic E-state index is -1.41. The van der Waals surface area contributed by atoms with Gasteiger partial charge < -0.3 is 24.7 Å². The Balaban J connectivity index is 2.54. The Morgan fingerprint density at radius 2 is 2.11 bits per heavy atom. The number of carbonyl (C=O) groups excluding carboxylic acids is 2. The number of hydrogen-bond acceptors (Lipinski definition) is 7. The maximum atomic E-state index is 11.2. The highest BCUT2D eigenvalue weighted by atomic mass is 16.5. The van der Waals surface area contributed by atoms with Crippen LogP contribution in [0.3, 0.4) is 0 Å². The molecule has 1 aliphatic rings. The quantitative estimate of drug-likeness (QED) is 0.657. The Morgan fingerprint density at radius 1 is 1.42 bits per heavy atom. The summed E-state index contributed by atoms with van der Waals surface area (Å²) in [6.07, 6.45) is 2.10. The van der Waals surface area contributed by atoms with E-state index in [1.165, 1.54) is 25.3 Å². The van der Waals surface area contributed by atoms with Crippen LogP contribution < -0.4 is 0 Å². The first-order chi connectivity index (χ1) is 8.99. The number of ether oxygens (including phenoxy) is 3. The van der Waals surface area contributed by atoms with Crippen molar-refractivity contribution in [1.29, 1.82) is 5.41 Å². The second kappa shape index (κ2) is 6.81. The van der Waals surface area contributed by atoms with Crippen LogP contribution in [-0.4, -0.2) is 55.8 Å². The highest BCUT2D eigenvalue weighted by Crippen LogP contribution is 2.12. The van der Waals surface area contributed by atoms with E-state index in [2.05, 4.69) is 9.47 Å². The van der Waals surface area contributed by atoms with Gasteiger partial charge in [0.2, 0.25) is 0 Å². The van der Waals surface area contributed by atoms with Crippen LogP contribution in [0.15, 0.2) is 23.8 Å². The molecular formula is C12H15NO6. The van der Waals surface area contributed by atoms with Gasteiger partial charge in [0.25, 0.3) is 0 Å². The van der Waals surface area contributed by atoms with Crippen molar-refractivity contribution in [3.05, 3.63) is 23.8 Å². The molecule has 1 aliphatic carbocycles. The van der Waals surface area contributed by atoms with Crippen LogP contribution in [0.5, 0.6) is 0 Å². The molecule has 0 saturated heterocycles. The van der Waals surface area contributed by atoms with Crippen LogP contribution in [0.1, 0.15) is 0 Å². The zero-order valence-corrected chi connectivity index (χ0v) is 10.6. The van der Waals surface area contributed by atoms with Gasteiger partial charge in [-0.1, -0.05) is 0 Å². The lowest BCUT2D eigenvalue weighted by Crippen LogP contribution is -2.32. The number of rotatable bonds is 5. The van der Waals surface area contributed by atoms with Crippen LogP contribution in [-0.2, 0) is 23.8 Å². The molecule has 2 unspecified atom stereocenters. The molecule has 2 atom stereocenters. The van der Waals surface area contributed by atoms with Gasteiger partial charge in [-0.25, -0.2) is 9.59 Å². The second-order valence-corrected chi connectivity index (χ2v) is 3.70. The van der Waals surface area contributed by atoms with E-state index >= 15 is 0 Å². The summed E-state index contributed by atoms with van der Waals surface area (Å²) in [6, 6.07) is 0. The third-order valence-electron chi connectivity index (χ3n) is 2.40. The molecule has 0 fully saturated rings. The molecule has 0 amide bonds.